The molecule has 0 rings (SSSR count). The molecule has 5 heteroatoms. The quantitative estimate of drug-likeness (QED) is 0.335. The summed E-state index contributed by atoms with van der Waals surface area (Å²) in [6.45, 7) is 10.8. The third-order valence-corrected chi connectivity index (χ3v) is 2.27. The minimum atomic E-state index is 0. The molecule has 0 radical (unpaired) electrons. The molecule has 0 saturated heterocycles. The molecule has 0 spiro atoms. The van der Waals surface area contributed by atoms with Gasteiger partial charge in [0.2, 0.25) is 0 Å². The predicted octanol–water partition coefficient (Wildman–Crippen LogP) is 1.85. The first kappa shape index (κ1) is 18.3. The van der Waals surface area contributed by atoms with Crippen molar-refractivity contribution in [2.45, 2.75) is 33.7 Å². The van der Waals surface area contributed by atoms with Gasteiger partial charge in [0, 0.05) is 19.7 Å². The Morgan fingerprint density at radius 3 is 2.38 bits per heavy atom. The topological polar surface area (TPSA) is 45.7 Å². The number of aliphatic imine (C=N–C) groups is 1. The number of nitrogens with one attached hydrogen (secondary N) is 2. The summed E-state index contributed by atoms with van der Waals surface area (Å²) >= 11 is 0. The van der Waals surface area contributed by atoms with Gasteiger partial charge < -0.3 is 15.4 Å². The number of guanidine groups is 1. The maximum atomic E-state index is 4.96. The number of halogens is 1. The molecule has 16 heavy (non-hydrogen) atoms. The zero-order valence-electron chi connectivity index (χ0n) is 11.0. The maximum Gasteiger partial charge on any atom is 0.191 e. The van der Waals surface area contributed by atoms with Crippen LogP contribution in [0.4, 0.5) is 0 Å². The molecule has 1 atom stereocenters. The summed E-state index contributed by atoms with van der Waals surface area (Å²) in [5, 5.41) is 6.57. The van der Waals surface area contributed by atoms with Gasteiger partial charge in [-0.3, -0.25) is 4.99 Å². The number of hydrogen-bond acceptors (Lipinski definition) is 2. The second-order valence-electron chi connectivity index (χ2n) is 3.93. The molecule has 2 N–H and O–H groups in total. The Morgan fingerprint density at radius 1 is 1.31 bits per heavy atom. The molecule has 0 bridgehead atoms. The number of hydrogen-bond donors (Lipinski definition) is 2. The average Bonchev–Trinajstić information content (AvgIpc) is 2.18. The van der Waals surface area contributed by atoms with E-state index in [9.17, 15) is 0 Å². The molecule has 0 aliphatic rings. The van der Waals surface area contributed by atoms with Gasteiger partial charge in [-0.2, -0.15) is 0 Å². The van der Waals surface area contributed by atoms with Gasteiger partial charge >= 0.3 is 0 Å². The van der Waals surface area contributed by atoms with Crippen LogP contribution in [-0.2, 0) is 4.74 Å². The normalized spacial score (nSPS) is 13.2. The van der Waals surface area contributed by atoms with Crippen LogP contribution in [0.15, 0.2) is 4.99 Å². The third kappa shape index (κ3) is 9.21. The van der Waals surface area contributed by atoms with Crippen molar-refractivity contribution in [1.82, 2.24) is 10.6 Å². The lowest BCUT2D eigenvalue weighted by Crippen LogP contribution is -2.44. The van der Waals surface area contributed by atoms with Gasteiger partial charge in [0.05, 0.1) is 13.2 Å². The Kier molecular flexibility index (Phi) is 13.1. The van der Waals surface area contributed by atoms with E-state index in [0.29, 0.717) is 25.1 Å². The van der Waals surface area contributed by atoms with E-state index >= 15 is 0 Å². The van der Waals surface area contributed by atoms with Crippen LogP contribution in [0, 0.1) is 5.92 Å². The van der Waals surface area contributed by atoms with E-state index in [1.165, 1.54) is 0 Å². The minimum Gasteiger partial charge on any atom is -0.383 e. The summed E-state index contributed by atoms with van der Waals surface area (Å²) in [4.78, 5) is 4.39. The van der Waals surface area contributed by atoms with Crippen molar-refractivity contribution in [2.75, 3.05) is 26.8 Å². The van der Waals surface area contributed by atoms with Crippen LogP contribution in [0.3, 0.4) is 0 Å². The van der Waals surface area contributed by atoms with Crippen molar-refractivity contribution >= 4 is 29.9 Å². The van der Waals surface area contributed by atoms with Gasteiger partial charge in [0.15, 0.2) is 5.96 Å². The summed E-state index contributed by atoms with van der Waals surface area (Å²) in [6, 6.07) is 0.422. The summed E-state index contributed by atoms with van der Waals surface area (Å²) < 4.78 is 4.96. The molecule has 4 nitrogen and oxygen atoms in total. The van der Waals surface area contributed by atoms with E-state index in [1.807, 2.05) is 0 Å². The standard InChI is InChI=1S/C11H25N3O.HI/c1-6-12-11(13-7-8-15-5)14-10(4)9(2)3;/h9-10H,6-8H2,1-5H3,(H2,12,13,14);1H. The highest BCUT2D eigenvalue weighted by Gasteiger charge is 2.08. The molecule has 0 amide bonds. The van der Waals surface area contributed by atoms with Crippen LogP contribution in [0.25, 0.3) is 0 Å². The molecule has 1 unspecified atom stereocenters. The van der Waals surface area contributed by atoms with Gasteiger partial charge in [-0.15, -0.1) is 24.0 Å². The summed E-state index contributed by atoms with van der Waals surface area (Å²) in [5.41, 5.74) is 0. The largest absolute Gasteiger partial charge is 0.383 e. The van der Waals surface area contributed by atoms with Gasteiger partial charge in [-0.1, -0.05) is 13.8 Å². The average molecular weight is 343 g/mol. The van der Waals surface area contributed by atoms with Crippen LogP contribution >= 0.6 is 24.0 Å². The molecule has 0 heterocycles. The van der Waals surface area contributed by atoms with Gasteiger partial charge in [0.1, 0.15) is 0 Å². The SMILES string of the molecule is CCNC(=NCCOC)NC(C)C(C)C.I. The predicted molar refractivity (Wildman–Crippen MR) is 80.7 cm³/mol. The van der Waals surface area contributed by atoms with E-state index in [2.05, 4.69) is 43.3 Å². The first-order valence-electron chi connectivity index (χ1n) is 5.65. The van der Waals surface area contributed by atoms with Gasteiger partial charge in [0.25, 0.3) is 0 Å². The van der Waals surface area contributed by atoms with Crippen molar-refractivity contribution in [3.8, 4) is 0 Å². The summed E-state index contributed by atoms with van der Waals surface area (Å²) in [5.74, 6) is 1.46. The van der Waals surface area contributed by atoms with Crippen LogP contribution < -0.4 is 10.6 Å². The van der Waals surface area contributed by atoms with Crippen molar-refractivity contribution in [2.24, 2.45) is 10.9 Å². The first-order chi connectivity index (χ1) is 7.11. The minimum absolute atomic E-state index is 0. The zero-order chi connectivity index (χ0) is 11.7. The molecule has 0 aliphatic carbocycles. The molecule has 0 aromatic carbocycles. The molecule has 0 fully saturated rings. The highest BCUT2D eigenvalue weighted by atomic mass is 127. The fourth-order valence-electron chi connectivity index (χ4n) is 0.951. The third-order valence-electron chi connectivity index (χ3n) is 2.27. The molecule has 98 valence electrons. The molecule has 0 aliphatic heterocycles. The molecule has 0 saturated carbocycles. The molecule has 0 aromatic heterocycles. The fraction of sp³-hybridized carbons (Fsp3) is 0.909. The van der Waals surface area contributed by atoms with E-state index in [1.54, 1.807) is 7.11 Å². The first-order valence-corrected chi connectivity index (χ1v) is 5.65. The van der Waals surface area contributed by atoms with Gasteiger partial charge in [-0.25, -0.2) is 0 Å². The second-order valence-corrected chi connectivity index (χ2v) is 3.93. The Hall–Kier alpha value is -0.0400. The fourth-order valence-corrected chi connectivity index (χ4v) is 0.951. The molecular formula is C11H26IN3O. The van der Waals surface area contributed by atoms with Crippen molar-refractivity contribution in [1.29, 1.82) is 0 Å². The lowest BCUT2D eigenvalue weighted by atomic mass is 10.1. The smallest absolute Gasteiger partial charge is 0.191 e. The summed E-state index contributed by atoms with van der Waals surface area (Å²) in [6.07, 6.45) is 0. The van der Waals surface area contributed by atoms with Crippen LogP contribution in [0.1, 0.15) is 27.7 Å². The lowest BCUT2D eigenvalue weighted by Gasteiger charge is -2.20. The second kappa shape index (κ2) is 11.4. The molecular weight excluding hydrogens is 317 g/mol. The number of ether oxygens (including phenoxy) is 1. The van der Waals surface area contributed by atoms with Gasteiger partial charge in [-0.05, 0) is 19.8 Å². The Morgan fingerprint density at radius 2 is 1.94 bits per heavy atom. The zero-order valence-corrected chi connectivity index (χ0v) is 13.4. The van der Waals surface area contributed by atoms with Crippen LogP contribution in [-0.4, -0.2) is 38.8 Å². The van der Waals surface area contributed by atoms with E-state index in [-0.39, 0.29) is 24.0 Å². The maximum absolute atomic E-state index is 4.96. The monoisotopic (exact) mass is 343 g/mol. The Balaban J connectivity index is 0. The lowest BCUT2D eigenvalue weighted by molar-refractivity contribution is 0.208. The summed E-state index contributed by atoms with van der Waals surface area (Å²) in [7, 11) is 1.69. The van der Waals surface area contributed by atoms with E-state index < -0.39 is 0 Å². The van der Waals surface area contributed by atoms with Crippen LogP contribution in [0.5, 0.6) is 0 Å². The number of rotatable bonds is 6. The highest BCUT2D eigenvalue weighted by molar-refractivity contribution is 14.0. The Bertz CT molecular complexity index is 186. The van der Waals surface area contributed by atoms with Crippen molar-refractivity contribution in [3.63, 3.8) is 0 Å². The van der Waals surface area contributed by atoms with Crippen LogP contribution in [0.2, 0.25) is 0 Å². The van der Waals surface area contributed by atoms with Crippen molar-refractivity contribution < 1.29 is 4.74 Å². The number of methoxy groups -OCH3 is 1. The number of nitrogens with zero attached hydrogens (tertiary/aromatic N) is 1. The van der Waals surface area contributed by atoms with E-state index in [0.717, 1.165) is 12.5 Å². The Labute approximate surface area is 117 Å². The molecule has 0 aromatic rings. The van der Waals surface area contributed by atoms with E-state index in [4.69, 9.17) is 4.74 Å². The van der Waals surface area contributed by atoms with Crippen molar-refractivity contribution in [3.05, 3.63) is 0 Å². The highest BCUT2D eigenvalue weighted by Crippen LogP contribution is 1.98.